The number of hydrogen-bond acceptors (Lipinski definition) is 2. The summed E-state index contributed by atoms with van der Waals surface area (Å²) in [6, 6.07) is 2.57. The van der Waals surface area contributed by atoms with Crippen LogP contribution in [0.2, 0.25) is 0 Å². The van der Waals surface area contributed by atoms with E-state index in [0.29, 0.717) is 29.9 Å². The van der Waals surface area contributed by atoms with Crippen molar-refractivity contribution in [1.29, 1.82) is 0 Å². The molecule has 0 bridgehead atoms. The summed E-state index contributed by atoms with van der Waals surface area (Å²) in [5, 5.41) is 4.09. The molecule has 21 heavy (non-hydrogen) atoms. The zero-order chi connectivity index (χ0) is 15.2. The molecule has 2 heterocycles. The first-order chi connectivity index (χ1) is 9.86. The van der Waals surface area contributed by atoms with Crippen LogP contribution in [-0.4, -0.2) is 14.8 Å². The molecule has 112 valence electrons. The molecule has 0 N–H and O–H groups in total. The summed E-state index contributed by atoms with van der Waals surface area (Å²) >= 11 is 3.13. The van der Waals surface area contributed by atoms with E-state index in [9.17, 15) is 17.6 Å². The van der Waals surface area contributed by atoms with E-state index in [1.165, 1.54) is 0 Å². The van der Waals surface area contributed by atoms with Crippen LogP contribution >= 0.6 is 15.9 Å². The van der Waals surface area contributed by atoms with Crippen LogP contribution in [0.3, 0.4) is 0 Å². The fraction of sp³-hybridized carbons (Fsp3) is 0.385. The van der Waals surface area contributed by atoms with Gasteiger partial charge in [0.15, 0.2) is 0 Å². The lowest BCUT2D eigenvalue weighted by molar-refractivity contribution is -0.138. The molecular weight excluding hydrogens is 354 g/mol. The van der Waals surface area contributed by atoms with Gasteiger partial charge in [-0.1, -0.05) is 0 Å². The van der Waals surface area contributed by atoms with E-state index < -0.39 is 23.5 Å². The van der Waals surface area contributed by atoms with Crippen molar-refractivity contribution in [2.75, 3.05) is 0 Å². The molecule has 0 saturated heterocycles. The summed E-state index contributed by atoms with van der Waals surface area (Å²) < 4.78 is 54.8. The molecule has 0 aliphatic carbocycles. The third kappa shape index (κ3) is 2.68. The summed E-state index contributed by atoms with van der Waals surface area (Å²) in [6.07, 6.45) is -3.37. The Morgan fingerprint density at radius 3 is 2.76 bits per heavy atom. The summed E-state index contributed by atoms with van der Waals surface area (Å²) in [5.41, 5.74) is -0.898. The molecule has 0 amide bonds. The molecule has 8 heteroatoms. The molecule has 3 nitrogen and oxygen atoms in total. The monoisotopic (exact) mass is 363 g/mol. The molecule has 0 saturated carbocycles. The predicted octanol–water partition coefficient (Wildman–Crippen LogP) is 4.12. The zero-order valence-electron chi connectivity index (χ0n) is 10.7. The van der Waals surface area contributed by atoms with Crippen molar-refractivity contribution in [3.63, 3.8) is 0 Å². The highest BCUT2D eigenvalue weighted by Gasteiger charge is 2.37. The van der Waals surface area contributed by atoms with Crippen LogP contribution in [-0.2, 0) is 12.7 Å². The van der Waals surface area contributed by atoms with Crippen molar-refractivity contribution in [2.45, 2.75) is 31.5 Å². The van der Waals surface area contributed by atoms with Crippen molar-refractivity contribution in [1.82, 2.24) is 14.8 Å². The van der Waals surface area contributed by atoms with E-state index in [1.54, 1.807) is 4.68 Å². The molecule has 1 aliphatic rings. The highest BCUT2D eigenvalue weighted by atomic mass is 79.9. The second kappa shape index (κ2) is 5.08. The summed E-state index contributed by atoms with van der Waals surface area (Å²) in [6.45, 7) is 0.598. The van der Waals surface area contributed by atoms with Crippen LogP contribution in [0.25, 0.3) is 0 Å². The van der Waals surface area contributed by atoms with Gasteiger partial charge in [0.05, 0.1) is 5.56 Å². The SMILES string of the molecule is Fc1ccc(C(F)(F)F)c(C2CCCn3nc(Br)nc32)c1. The number of halogens is 5. The second-order valence-electron chi connectivity index (χ2n) is 4.89. The van der Waals surface area contributed by atoms with Gasteiger partial charge >= 0.3 is 6.18 Å². The highest BCUT2D eigenvalue weighted by molar-refractivity contribution is 9.10. The van der Waals surface area contributed by atoms with Crippen LogP contribution in [0.15, 0.2) is 22.9 Å². The van der Waals surface area contributed by atoms with Crippen molar-refractivity contribution < 1.29 is 17.6 Å². The lowest BCUT2D eigenvalue weighted by Crippen LogP contribution is -2.21. The number of hydrogen-bond donors (Lipinski definition) is 0. The molecule has 0 fully saturated rings. The quantitative estimate of drug-likeness (QED) is 0.713. The summed E-state index contributed by atoms with van der Waals surface area (Å²) in [4.78, 5) is 4.14. The number of rotatable bonds is 1. The topological polar surface area (TPSA) is 30.7 Å². The lowest BCUT2D eigenvalue weighted by Gasteiger charge is -2.25. The normalized spacial score (nSPS) is 18.6. The maximum atomic E-state index is 13.5. The highest BCUT2D eigenvalue weighted by Crippen LogP contribution is 2.40. The Bertz CT molecular complexity index is 681. The Morgan fingerprint density at radius 2 is 2.05 bits per heavy atom. The lowest BCUT2D eigenvalue weighted by atomic mass is 9.87. The van der Waals surface area contributed by atoms with Gasteiger partial charge in [0.2, 0.25) is 4.73 Å². The Labute approximate surface area is 126 Å². The van der Waals surface area contributed by atoms with Crippen molar-refractivity contribution in [2.24, 2.45) is 0 Å². The number of aryl methyl sites for hydroxylation is 1. The molecule has 2 aromatic rings. The molecule has 1 aromatic carbocycles. The van der Waals surface area contributed by atoms with Gasteiger partial charge in [-0.3, -0.25) is 0 Å². The van der Waals surface area contributed by atoms with Gasteiger partial charge in [-0.2, -0.15) is 13.2 Å². The fourth-order valence-electron chi connectivity index (χ4n) is 2.70. The Balaban J connectivity index is 2.15. The standard InChI is InChI=1S/C13H10BrF4N3/c14-12-19-11-8(2-1-5-21(11)20-12)9-6-7(15)3-4-10(9)13(16,17)18/h3-4,6,8H,1-2,5H2. The average molecular weight is 364 g/mol. The van der Waals surface area contributed by atoms with Gasteiger partial charge in [0.25, 0.3) is 0 Å². The number of benzene rings is 1. The first-order valence-corrected chi connectivity index (χ1v) is 7.12. The van der Waals surface area contributed by atoms with Crippen molar-refractivity contribution in [3.8, 4) is 0 Å². The molecule has 0 radical (unpaired) electrons. The first kappa shape index (κ1) is 14.5. The first-order valence-electron chi connectivity index (χ1n) is 6.33. The van der Waals surface area contributed by atoms with E-state index in [-0.39, 0.29) is 5.56 Å². The number of nitrogens with zero attached hydrogens (tertiary/aromatic N) is 3. The van der Waals surface area contributed by atoms with Gasteiger partial charge in [-0.25, -0.2) is 14.1 Å². The van der Waals surface area contributed by atoms with Gasteiger partial charge in [0.1, 0.15) is 11.6 Å². The Hall–Kier alpha value is -1.44. The minimum Gasteiger partial charge on any atom is -0.248 e. The maximum absolute atomic E-state index is 13.5. The van der Waals surface area contributed by atoms with Gasteiger partial charge < -0.3 is 0 Å². The van der Waals surface area contributed by atoms with Crippen molar-refractivity contribution >= 4 is 15.9 Å². The zero-order valence-corrected chi connectivity index (χ0v) is 12.2. The van der Waals surface area contributed by atoms with Crippen LogP contribution in [0.1, 0.15) is 35.7 Å². The van der Waals surface area contributed by atoms with E-state index in [0.717, 1.165) is 18.2 Å². The van der Waals surface area contributed by atoms with E-state index in [4.69, 9.17) is 0 Å². The summed E-state index contributed by atoms with van der Waals surface area (Å²) in [5.74, 6) is -0.859. The average Bonchev–Trinajstić information content (AvgIpc) is 2.77. The van der Waals surface area contributed by atoms with E-state index in [2.05, 4.69) is 26.0 Å². The van der Waals surface area contributed by atoms with Crippen LogP contribution in [0.4, 0.5) is 17.6 Å². The summed E-state index contributed by atoms with van der Waals surface area (Å²) in [7, 11) is 0. The number of aromatic nitrogens is 3. The molecular formula is C13H10BrF4N3. The number of fused-ring (bicyclic) bond motifs is 1. The minimum absolute atomic E-state index is 0.0802. The van der Waals surface area contributed by atoms with Gasteiger partial charge in [-0.15, -0.1) is 5.10 Å². The van der Waals surface area contributed by atoms with Crippen LogP contribution < -0.4 is 0 Å². The Kier molecular flexibility index (Phi) is 3.51. The van der Waals surface area contributed by atoms with Crippen LogP contribution in [0, 0.1) is 5.82 Å². The molecule has 1 atom stereocenters. The van der Waals surface area contributed by atoms with Crippen molar-refractivity contribution in [3.05, 3.63) is 45.7 Å². The Morgan fingerprint density at radius 1 is 1.29 bits per heavy atom. The molecule has 1 unspecified atom stereocenters. The number of alkyl halides is 3. The second-order valence-corrected chi connectivity index (χ2v) is 5.60. The third-order valence-corrected chi connectivity index (χ3v) is 3.88. The minimum atomic E-state index is -4.53. The molecule has 0 spiro atoms. The van der Waals surface area contributed by atoms with Gasteiger partial charge in [-0.05, 0) is 52.5 Å². The molecule has 1 aromatic heterocycles. The molecule has 1 aliphatic heterocycles. The molecule has 3 rings (SSSR count). The van der Waals surface area contributed by atoms with Gasteiger partial charge in [0, 0.05) is 12.5 Å². The third-order valence-electron chi connectivity index (χ3n) is 3.54. The van der Waals surface area contributed by atoms with E-state index in [1.807, 2.05) is 0 Å². The smallest absolute Gasteiger partial charge is 0.248 e. The van der Waals surface area contributed by atoms with Crippen LogP contribution in [0.5, 0.6) is 0 Å². The fourth-order valence-corrected chi connectivity index (χ4v) is 3.07. The predicted molar refractivity (Wildman–Crippen MR) is 70.2 cm³/mol. The van der Waals surface area contributed by atoms with E-state index >= 15 is 0 Å². The largest absolute Gasteiger partial charge is 0.416 e. The maximum Gasteiger partial charge on any atom is 0.416 e.